The van der Waals surface area contributed by atoms with Crippen LogP contribution in [0.1, 0.15) is 25.7 Å². The van der Waals surface area contributed by atoms with E-state index in [0.717, 1.165) is 12.8 Å². The molecule has 3 N–H and O–H groups in total. The molecular formula is C12H22N2O4. The van der Waals surface area contributed by atoms with E-state index in [0.29, 0.717) is 26.1 Å². The van der Waals surface area contributed by atoms with Crippen molar-refractivity contribution >= 4 is 11.9 Å². The van der Waals surface area contributed by atoms with Crippen molar-refractivity contribution in [1.29, 1.82) is 0 Å². The van der Waals surface area contributed by atoms with Crippen LogP contribution in [0.4, 0.5) is 0 Å². The molecule has 1 rings (SSSR count). The molecule has 0 aromatic carbocycles. The van der Waals surface area contributed by atoms with E-state index in [2.05, 4.69) is 0 Å². The monoisotopic (exact) mass is 258 g/mol. The number of nitrogens with two attached hydrogens (primary N) is 1. The van der Waals surface area contributed by atoms with Crippen LogP contribution in [-0.2, 0) is 14.3 Å². The molecule has 6 heteroatoms. The molecule has 1 aliphatic heterocycles. The number of hydrogen-bond acceptors (Lipinski definition) is 4. The van der Waals surface area contributed by atoms with Crippen LogP contribution >= 0.6 is 0 Å². The smallest absolute Gasteiger partial charge is 0.303 e. The van der Waals surface area contributed by atoms with E-state index in [9.17, 15) is 9.59 Å². The first-order valence-electron chi connectivity index (χ1n) is 6.29. The highest BCUT2D eigenvalue weighted by molar-refractivity contribution is 5.81. The molecule has 1 unspecified atom stereocenters. The number of nitrogens with zero attached hydrogens (tertiary/aromatic N) is 1. The van der Waals surface area contributed by atoms with Gasteiger partial charge in [-0.25, -0.2) is 0 Å². The predicted octanol–water partition coefficient (Wildman–Crippen LogP) is 0.0635. The Morgan fingerprint density at radius 1 is 1.44 bits per heavy atom. The lowest BCUT2D eigenvalue weighted by atomic mass is 9.93. The number of carboxylic acid groups (broad SMARTS) is 1. The summed E-state index contributed by atoms with van der Waals surface area (Å²) in [6, 6.07) is -0.513. The van der Waals surface area contributed by atoms with Gasteiger partial charge in [0.05, 0.1) is 6.04 Å². The van der Waals surface area contributed by atoms with Gasteiger partial charge in [-0.3, -0.25) is 9.59 Å². The molecule has 1 saturated heterocycles. The van der Waals surface area contributed by atoms with E-state index in [4.69, 9.17) is 15.6 Å². The maximum Gasteiger partial charge on any atom is 0.303 e. The summed E-state index contributed by atoms with van der Waals surface area (Å²) in [7, 11) is 1.58. The Morgan fingerprint density at radius 2 is 2.06 bits per heavy atom. The molecule has 0 aliphatic carbocycles. The van der Waals surface area contributed by atoms with Crippen LogP contribution in [-0.4, -0.2) is 54.7 Å². The third kappa shape index (κ3) is 4.62. The lowest BCUT2D eigenvalue weighted by Crippen LogP contribution is -2.47. The fraction of sp³-hybridized carbons (Fsp3) is 0.833. The zero-order valence-electron chi connectivity index (χ0n) is 10.8. The summed E-state index contributed by atoms with van der Waals surface area (Å²) >= 11 is 0. The number of methoxy groups -OCH3 is 1. The Labute approximate surface area is 107 Å². The van der Waals surface area contributed by atoms with Gasteiger partial charge in [0.15, 0.2) is 0 Å². The summed E-state index contributed by atoms with van der Waals surface area (Å²) < 4.78 is 4.89. The van der Waals surface area contributed by atoms with Gasteiger partial charge in [-0.1, -0.05) is 0 Å². The molecule has 1 atom stereocenters. The summed E-state index contributed by atoms with van der Waals surface area (Å²) in [5.41, 5.74) is 5.78. The Bertz CT molecular complexity index is 288. The van der Waals surface area contributed by atoms with E-state index in [-0.39, 0.29) is 18.2 Å². The van der Waals surface area contributed by atoms with Gasteiger partial charge in [0, 0.05) is 33.2 Å². The highest BCUT2D eigenvalue weighted by Gasteiger charge is 2.26. The van der Waals surface area contributed by atoms with Crippen LogP contribution in [0.15, 0.2) is 0 Å². The van der Waals surface area contributed by atoms with E-state index in [1.54, 1.807) is 12.0 Å². The van der Waals surface area contributed by atoms with Crippen LogP contribution in [0.3, 0.4) is 0 Å². The topological polar surface area (TPSA) is 92.9 Å². The van der Waals surface area contributed by atoms with Crippen LogP contribution < -0.4 is 5.73 Å². The fourth-order valence-electron chi connectivity index (χ4n) is 2.21. The second-order valence-electron chi connectivity index (χ2n) is 4.75. The van der Waals surface area contributed by atoms with Crippen LogP contribution in [0.5, 0.6) is 0 Å². The quantitative estimate of drug-likeness (QED) is 0.703. The third-order valence-electron chi connectivity index (χ3n) is 3.34. The highest BCUT2D eigenvalue weighted by atomic mass is 16.5. The Balaban J connectivity index is 2.33. The Hall–Kier alpha value is -1.14. The van der Waals surface area contributed by atoms with Crippen LogP contribution in [0, 0.1) is 5.92 Å². The maximum absolute atomic E-state index is 12.0. The first-order valence-corrected chi connectivity index (χ1v) is 6.29. The van der Waals surface area contributed by atoms with Crippen molar-refractivity contribution in [2.45, 2.75) is 31.7 Å². The number of ether oxygens (including phenoxy) is 1. The van der Waals surface area contributed by atoms with Crippen molar-refractivity contribution in [1.82, 2.24) is 4.90 Å². The van der Waals surface area contributed by atoms with Crippen LogP contribution in [0.25, 0.3) is 0 Å². The minimum Gasteiger partial charge on any atom is -0.481 e. The average Bonchev–Trinajstić information content (AvgIpc) is 2.35. The molecule has 1 aliphatic rings. The summed E-state index contributed by atoms with van der Waals surface area (Å²) in [5, 5.41) is 8.71. The zero-order chi connectivity index (χ0) is 13.5. The largest absolute Gasteiger partial charge is 0.481 e. The number of amides is 1. The van der Waals surface area contributed by atoms with Gasteiger partial charge in [-0.15, -0.1) is 0 Å². The average molecular weight is 258 g/mol. The number of carboxylic acids is 1. The second kappa shape index (κ2) is 7.33. The molecule has 0 radical (unpaired) electrons. The molecule has 0 bridgehead atoms. The molecule has 0 aromatic heterocycles. The van der Waals surface area contributed by atoms with Gasteiger partial charge in [0.25, 0.3) is 0 Å². The van der Waals surface area contributed by atoms with Gasteiger partial charge in [0.1, 0.15) is 0 Å². The van der Waals surface area contributed by atoms with Gasteiger partial charge >= 0.3 is 5.97 Å². The number of rotatable bonds is 6. The number of aliphatic carboxylic acids is 1. The SMILES string of the molecule is COCCC(N)C(=O)N1CCC(CC(=O)O)CC1. The second-order valence-corrected chi connectivity index (χ2v) is 4.75. The van der Waals surface area contributed by atoms with Gasteiger partial charge < -0.3 is 20.5 Å². The minimum atomic E-state index is -0.767. The normalized spacial score (nSPS) is 18.7. The zero-order valence-corrected chi connectivity index (χ0v) is 10.8. The molecule has 0 spiro atoms. The van der Waals surface area contributed by atoms with Gasteiger partial charge in [-0.05, 0) is 25.2 Å². The summed E-state index contributed by atoms with van der Waals surface area (Å²) in [6.45, 7) is 1.69. The summed E-state index contributed by atoms with van der Waals surface area (Å²) in [6.07, 6.45) is 2.20. The van der Waals surface area contributed by atoms with E-state index < -0.39 is 12.0 Å². The molecule has 1 fully saturated rings. The molecular weight excluding hydrogens is 236 g/mol. The van der Waals surface area contributed by atoms with Crippen molar-refractivity contribution in [3.63, 3.8) is 0 Å². The summed E-state index contributed by atoms with van der Waals surface area (Å²) in [5.74, 6) is -0.640. The predicted molar refractivity (Wildman–Crippen MR) is 66.0 cm³/mol. The number of carbonyl (C=O) groups excluding carboxylic acids is 1. The number of piperidine rings is 1. The van der Waals surface area contributed by atoms with E-state index >= 15 is 0 Å². The molecule has 0 aromatic rings. The van der Waals surface area contributed by atoms with Crippen molar-refractivity contribution < 1.29 is 19.4 Å². The van der Waals surface area contributed by atoms with Gasteiger partial charge in [0.2, 0.25) is 5.91 Å². The number of carbonyl (C=O) groups is 2. The van der Waals surface area contributed by atoms with E-state index in [1.807, 2.05) is 0 Å². The summed E-state index contributed by atoms with van der Waals surface area (Å²) in [4.78, 5) is 24.3. The molecule has 104 valence electrons. The van der Waals surface area contributed by atoms with Gasteiger partial charge in [-0.2, -0.15) is 0 Å². The minimum absolute atomic E-state index is 0.0548. The van der Waals surface area contributed by atoms with Crippen LogP contribution in [0.2, 0.25) is 0 Å². The highest BCUT2D eigenvalue weighted by Crippen LogP contribution is 2.20. The molecule has 6 nitrogen and oxygen atoms in total. The maximum atomic E-state index is 12.0. The first-order chi connectivity index (χ1) is 8.54. The Kier molecular flexibility index (Phi) is 6.07. The lowest BCUT2D eigenvalue weighted by Gasteiger charge is -2.33. The number of hydrogen-bond donors (Lipinski definition) is 2. The molecule has 18 heavy (non-hydrogen) atoms. The molecule has 1 heterocycles. The Morgan fingerprint density at radius 3 is 2.56 bits per heavy atom. The molecule has 1 amide bonds. The fourth-order valence-corrected chi connectivity index (χ4v) is 2.21. The van der Waals surface area contributed by atoms with Crippen molar-refractivity contribution in [3.8, 4) is 0 Å². The first kappa shape index (κ1) is 14.9. The van der Waals surface area contributed by atoms with E-state index in [1.165, 1.54) is 0 Å². The number of likely N-dealkylation sites (tertiary alicyclic amines) is 1. The van der Waals surface area contributed by atoms with Crippen molar-refractivity contribution in [2.75, 3.05) is 26.8 Å². The van der Waals surface area contributed by atoms with Crippen molar-refractivity contribution in [2.24, 2.45) is 11.7 Å². The van der Waals surface area contributed by atoms with Crippen molar-refractivity contribution in [3.05, 3.63) is 0 Å². The lowest BCUT2D eigenvalue weighted by molar-refractivity contribution is -0.139. The molecule has 0 saturated carbocycles. The standard InChI is InChI=1S/C12H22N2O4/c1-18-7-4-10(13)12(17)14-5-2-9(3-6-14)8-11(15)16/h9-10H,2-8,13H2,1H3,(H,15,16). The third-order valence-corrected chi connectivity index (χ3v) is 3.34.